The first-order chi connectivity index (χ1) is 14.0. The molecule has 3 heteroatoms. The molecule has 1 atom stereocenters. The van der Waals surface area contributed by atoms with E-state index >= 15 is 0 Å². The van der Waals surface area contributed by atoms with Gasteiger partial charge in [-0.25, -0.2) is 13.2 Å². The topological polar surface area (TPSA) is 0 Å². The van der Waals surface area contributed by atoms with Crippen molar-refractivity contribution >= 4 is 0 Å². The lowest BCUT2D eigenvalue weighted by molar-refractivity contribution is 0.124. The molecule has 1 aromatic rings. The SMILES string of the molecule is CCCCC(C)C1CCC(C2CCC(CCc3cc(F)c(F)c(F)c3)CC2)CC1. The number of halogens is 3. The van der Waals surface area contributed by atoms with E-state index < -0.39 is 17.5 Å². The van der Waals surface area contributed by atoms with Crippen LogP contribution in [0.2, 0.25) is 0 Å². The highest BCUT2D eigenvalue weighted by Crippen LogP contribution is 2.44. The van der Waals surface area contributed by atoms with Crippen molar-refractivity contribution in [2.24, 2.45) is 29.6 Å². The van der Waals surface area contributed by atoms with Crippen molar-refractivity contribution in [3.05, 3.63) is 35.1 Å². The quantitative estimate of drug-likeness (QED) is 0.378. The molecule has 2 aliphatic carbocycles. The molecular formula is C26H39F3. The van der Waals surface area contributed by atoms with Gasteiger partial charge in [0.15, 0.2) is 17.5 Å². The maximum atomic E-state index is 13.4. The number of rotatable bonds is 8. The number of hydrogen-bond acceptors (Lipinski definition) is 0. The van der Waals surface area contributed by atoms with Crippen molar-refractivity contribution in [3.63, 3.8) is 0 Å². The van der Waals surface area contributed by atoms with Gasteiger partial charge in [-0.15, -0.1) is 0 Å². The standard InChI is InChI=1S/C26H39F3/c1-3-4-5-18(2)21-12-14-23(15-13-21)22-10-8-19(9-11-22)6-7-20-16-24(27)26(29)25(28)17-20/h16-19,21-23H,3-15H2,1-2H3. The summed E-state index contributed by atoms with van der Waals surface area (Å²) in [5.41, 5.74) is 0.582. The fraction of sp³-hybridized carbons (Fsp3) is 0.769. The minimum atomic E-state index is -1.36. The molecule has 29 heavy (non-hydrogen) atoms. The monoisotopic (exact) mass is 408 g/mol. The van der Waals surface area contributed by atoms with Gasteiger partial charge in [0.25, 0.3) is 0 Å². The number of hydrogen-bond donors (Lipinski definition) is 0. The summed E-state index contributed by atoms with van der Waals surface area (Å²) < 4.78 is 39.9. The summed E-state index contributed by atoms with van der Waals surface area (Å²) in [5, 5.41) is 0. The van der Waals surface area contributed by atoms with E-state index in [1.807, 2.05) is 0 Å². The van der Waals surface area contributed by atoms with E-state index in [1.54, 1.807) is 0 Å². The van der Waals surface area contributed by atoms with Crippen LogP contribution >= 0.6 is 0 Å². The third-order valence-corrected chi connectivity index (χ3v) is 8.08. The largest absolute Gasteiger partial charge is 0.204 e. The van der Waals surface area contributed by atoms with E-state index in [9.17, 15) is 13.2 Å². The number of aryl methyl sites for hydroxylation is 1. The summed E-state index contributed by atoms with van der Waals surface area (Å²) in [7, 11) is 0. The summed E-state index contributed by atoms with van der Waals surface area (Å²) in [6.07, 6.45) is 16.5. The Morgan fingerprint density at radius 2 is 1.41 bits per heavy atom. The van der Waals surface area contributed by atoms with Crippen LogP contribution in [0, 0.1) is 47.0 Å². The predicted octanol–water partition coefficient (Wildman–Crippen LogP) is 8.48. The van der Waals surface area contributed by atoms with Crippen LogP contribution in [0.3, 0.4) is 0 Å². The first-order valence-corrected chi connectivity index (χ1v) is 12.1. The van der Waals surface area contributed by atoms with Gasteiger partial charge in [0.1, 0.15) is 0 Å². The Hall–Kier alpha value is -0.990. The molecule has 2 saturated carbocycles. The van der Waals surface area contributed by atoms with Gasteiger partial charge >= 0.3 is 0 Å². The summed E-state index contributed by atoms with van der Waals surface area (Å²) in [6, 6.07) is 2.31. The van der Waals surface area contributed by atoms with E-state index in [0.29, 0.717) is 17.9 Å². The van der Waals surface area contributed by atoms with Crippen LogP contribution in [0.15, 0.2) is 12.1 Å². The number of unbranched alkanes of at least 4 members (excludes halogenated alkanes) is 1. The molecule has 0 radical (unpaired) electrons. The fourth-order valence-electron chi connectivity index (χ4n) is 6.02. The van der Waals surface area contributed by atoms with Crippen molar-refractivity contribution < 1.29 is 13.2 Å². The third-order valence-electron chi connectivity index (χ3n) is 8.08. The second-order valence-corrected chi connectivity index (χ2v) is 9.99. The molecule has 0 saturated heterocycles. The third kappa shape index (κ3) is 6.25. The average Bonchev–Trinajstić information content (AvgIpc) is 2.74. The molecule has 0 N–H and O–H groups in total. The first-order valence-electron chi connectivity index (χ1n) is 12.1. The minimum absolute atomic E-state index is 0.582. The molecule has 164 valence electrons. The molecule has 1 unspecified atom stereocenters. The zero-order valence-electron chi connectivity index (χ0n) is 18.4. The van der Waals surface area contributed by atoms with Crippen LogP contribution in [0.5, 0.6) is 0 Å². The Morgan fingerprint density at radius 3 is 1.97 bits per heavy atom. The first kappa shape index (κ1) is 22.7. The maximum absolute atomic E-state index is 13.4. The number of benzene rings is 1. The highest BCUT2D eigenvalue weighted by atomic mass is 19.2. The van der Waals surface area contributed by atoms with Gasteiger partial charge in [-0.05, 0) is 98.7 Å². The van der Waals surface area contributed by atoms with Crippen LogP contribution in [0.1, 0.15) is 96.5 Å². The Bertz CT molecular complexity index is 602. The van der Waals surface area contributed by atoms with Crippen molar-refractivity contribution in [1.29, 1.82) is 0 Å². The lowest BCUT2D eigenvalue weighted by atomic mass is 9.67. The maximum Gasteiger partial charge on any atom is 0.194 e. The second kappa shape index (κ2) is 10.9. The smallest absolute Gasteiger partial charge is 0.194 e. The molecule has 3 rings (SSSR count). The molecule has 0 aliphatic heterocycles. The summed E-state index contributed by atoms with van der Waals surface area (Å²) in [4.78, 5) is 0. The van der Waals surface area contributed by atoms with E-state index in [1.165, 1.54) is 70.6 Å². The van der Waals surface area contributed by atoms with Gasteiger partial charge in [0.2, 0.25) is 0 Å². The molecule has 0 heterocycles. The van der Waals surface area contributed by atoms with Gasteiger partial charge in [-0.1, -0.05) is 46.0 Å². The highest BCUT2D eigenvalue weighted by molar-refractivity contribution is 5.19. The molecule has 0 aromatic heterocycles. The molecule has 2 fully saturated rings. The Balaban J connectivity index is 1.38. The summed E-state index contributed by atoms with van der Waals surface area (Å²) in [5.74, 6) is 0.811. The minimum Gasteiger partial charge on any atom is -0.204 e. The zero-order chi connectivity index (χ0) is 20.8. The van der Waals surface area contributed by atoms with Gasteiger partial charge in [-0.3, -0.25) is 0 Å². The van der Waals surface area contributed by atoms with Crippen molar-refractivity contribution in [2.45, 2.75) is 97.3 Å². The van der Waals surface area contributed by atoms with E-state index in [0.717, 1.165) is 42.2 Å². The summed E-state index contributed by atoms with van der Waals surface area (Å²) in [6.45, 7) is 4.75. The predicted molar refractivity (Wildman–Crippen MR) is 114 cm³/mol. The Morgan fingerprint density at radius 1 is 0.862 bits per heavy atom. The summed E-state index contributed by atoms with van der Waals surface area (Å²) >= 11 is 0. The van der Waals surface area contributed by atoms with Gasteiger partial charge in [-0.2, -0.15) is 0 Å². The van der Waals surface area contributed by atoms with Crippen molar-refractivity contribution in [2.75, 3.05) is 0 Å². The molecule has 0 bridgehead atoms. The van der Waals surface area contributed by atoms with E-state index in [-0.39, 0.29) is 0 Å². The fourth-order valence-corrected chi connectivity index (χ4v) is 6.02. The Kier molecular flexibility index (Phi) is 8.50. The van der Waals surface area contributed by atoms with E-state index in [2.05, 4.69) is 13.8 Å². The zero-order valence-corrected chi connectivity index (χ0v) is 18.4. The molecule has 1 aromatic carbocycles. The van der Waals surface area contributed by atoms with Crippen molar-refractivity contribution in [1.82, 2.24) is 0 Å². The lowest BCUT2D eigenvalue weighted by Crippen LogP contribution is -2.27. The van der Waals surface area contributed by atoms with Crippen LogP contribution in [0.4, 0.5) is 13.2 Å². The molecule has 0 amide bonds. The highest BCUT2D eigenvalue weighted by Gasteiger charge is 2.32. The van der Waals surface area contributed by atoms with Crippen LogP contribution in [0.25, 0.3) is 0 Å². The van der Waals surface area contributed by atoms with Gasteiger partial charge in [0, 0.05) is 0 Å². The van der Waals surface area contributed by atoms with Crippen molar-refractivity contribution in [3.8, 4) is 0 Å². The second-order valence-electron chi connectivity index (χ2n) is 9.99. The van der Waals surface area contributed by atoms with Crippen LogP contribution < -0.4 is 0 Å². The molecule has 0 spiro atoms. The lowest BCUT2D eigenvalue weighted by Gasteiger charge is -2.39. The molecular weight excluding hydrogens is 369 g/mol. The molecule has 0 nitrogen and oxygen atoms in total. The normalized spacial score (nSPS) is 29.0. The van der Waals surface area contributed by atoms with Crippen LogP contribution in [-0.2, 0) is 6.42 Å². The van der Waals surface area contributed by atoms with E-state index in [4.69, 9.17) is 0 Å². The molecule has 2 aliphatic rings. The average molecular weight is 409 g/mol. The van der Waals surface area contributed by atoms with Gasteiger partial charge < -0.3 is 0 Å². The van der Waals surface area contributed by atoms with Gasteiger partial charge in [0.05, 0.1) is 0 Å². The Labute approximate surface area is 175 Å². The van der Waals surface area contributed by atoms with Crippen LogP contribution in [-0.4, -0.2) is 0 Å².